The number of amides is 2. The Morgan fingerprint density at radius 2 is 1.61 bits per heavy atom. The quantitative estimate of drug-likeness (QED) is 0.825. The van der Waals surface area contributed by atoms with Crippen molar-refractivity contribution < 1.29 is 14.0 Å². The zero-order valence-corrected chi connectivity index (χ0v) is 13.5. The normalized spacial score (nSPS) is 10.6. The molecule has 0 spiro atoms. The maximum Gasteiger partial charge on any atom is 0.251 e. The van der Waals surface area contributed by atoms with E-state index in [1.165, 1.54) is 0 Å². The molecule has 0 atom stereocenters. The molecule has 5 nitrogen and oxygen atoms in total. The third kappa shape index (κ3) is 5.29. The van der Waals surface area contributed by atoms with Gasteiger partial charge in [-0.05, 0) is 48.7 Å². The third-order valence-electron chi connectivity index (χ3n) is 3.42. The number of hydrogen-bond acceptors (Lipinski definition) is 3. The Kier molecular flexibility index (Phi) is 5.97. The van der Waals surface area contributed by atoms with Crippen molar-refractivity contribution in [2.75, 3.05) is 6.54 Å². The predicted octanol–water partition coefficient (Wildman–Crippen LogP) is 2.99. The van der Waals surface area contributed by atoms with Gasteiger partial charge in [0.25, 0.3) is 11.8 Å². The van der Waals surface area contributed by atoms with Crippen LogP contribution in [0.25, 0.3) is 0 Å². The van der Waals surface area contributed by atoms with E-state index in [0.29, 0.717) is 35.9 Å². The van der Waals surface area contributed by atoms with Gasteiger partial charge in [-0.2, -0.15) is 0 Å². The lowest BCUT2D eigenvalue weighted by molar-refractivity contribution is 0.0938. The molecule has 0 aliphatic carbocycles. The minimum atomic E-state index is -0.201. The fourth-order valence-corrected chi connectivity index (χ4v) is 2.03. The highest BCUT2D eigenvalue weighted by Gasteiger charge is 2.09. The number of furan rings is 1. The first-order valence-corrected chi connectivity index (χ1v) is 7.75. The lowest BCUT2D eigenvalue weighted by Gasteiger charge is -2.08. The topological polar surface area (TPSA) is 71.3 Å². The van der Waals surface area contributed by atoms with Crippen LogP contribution in [0.4, 0.5) is 0 Å². The van der Waals surface area contributed by atoms with E-state index in [1.807, 2.05) is 0 Å². The van der Waals surface area contributed by atoms with E-state index in [0.717, 1.165) is 6.42 Å². The molecule has 0 aliphatic heterocycles. The molecule has 122 valence electrons. The Morgan fingerprint density at radius 3 is 2.13 bits per heavy atom. The van der Waals surface area contributed by atoms with Gasteiger partial charge in [-0.15, -0.1) is 0 Å². The first kappa shape index (κ1) is 16.8. The van der Waals surface area contributed by atoms with Crippen LogP contribution < -0.4 is 10.6 Å². The van der Waals surface area contributed by atoms with E-state index >= 15 is 0 Å². The van der Waals surface area contributed by atoms with Gasteiger partial charge in [0, 0.05) is 17.7 Å². The van der Waals surface area contributed by atoms with Gasteiger partial charge >= 0.3 is 0 Å². The van der Waals surface area contributed by atoms with Crippen molar-refractivity contribution in [2.45, 2.75) is 26.8 Å². The van der Waals surface area contributed by atoms with Crippen LogP contribution in [0.2, 0.25) is 0 Å². The van der Waals surface area contributed by atoms with E-state index in [4.69, 9.17) is 4.42 Å². The zero-order chi connectivity index (χ0) is 16.7. The molecule has 0 aliphatic rings. The van der Waals surface area contributed by atoms with E-state index in [1.54, 1.807) is 42.7 Å². The number of hydrogen-bond donors (Lipinski definition) is 2. The maximum atomic E-state index is 12.0. The van der Waals surface area contributed by atoms with Crippen LogP contribution in [0.5, 0.6) is 0 Å². The first-order valence-electron chi connectivity index (χ1n) is 7.75. The first-order chi connectivity index (χ1) is 11.1. The summed E-state index contributed by atoms with van der Waals surface area (Å²) < 4.78 is 5.16. The van der Waals surface area contributed by atoms with Crippen molar-refractivity contribution in [1.82, 2.24) is 10.6 Å². The molecule has 2 aromatic rings. The van der Waals surface area contributed by atoms with Crippen molar-refractivity contribution in [3.63, 3.8) is 0 Å². The molecule has 0 bridgehead atoms. The zero-order valence-electron chi connectivity index (χ0n) is 13.5. The number of rotatable bonds is 7. The summed E-state index contributed by atoms with van der Waals surface area (Å²) in [6.07, 6.45) is 2.51. The van der Waals surface area contributed by atoms with Crippen LogP contribution in [-0.4, -0.2) is 18.4 Å². The van der Waals surface area contributed by atoms with E-state index in [2.05, 4.69) is 24.5 Å². The van der Waals surface area contributed by atoms with Crippen LogP contribution in [0.1, 0.15) is 46.7 Å². The van der Waals surface area contributed by atoms with Crippen molar-refractivity contribution in [3.8, 4) is 0 Å². The molecule has 2 rings (SSSR count). The second kappa shape index (κ2) is 8.17. The summed E-state index contributed by atoms with van der Waals surface area (Å²) in [7, 11) is 0. The molecule has 23 heavy (non-hydrogen) atoms. The standard InChI is InChI=1S/C18H22N2O3/c1-13(2)9-10-19-17(21)14-5-7-15(8-6-14)18(22)20-12-16-4-3-11-23-16/h3-8,11,13H,9-10,12H2,1-2H3,(H,19,21)(H,20,22). The second-order valence-corrected chi connectivity index (χ2v) is 5.78. The molecule has 1 heterocycles. The minimum absolute atomic E-state index is 0.117. The number of benzene rings is 1. The van der Waals surface area contributed by atoms with Crippen LogP contribution in [0, 0.1) is 5.92 Å². The fourth-order valence-electron chi connectivity index (χ4n) is 2.03. The number of nitrogens with one attached hydrogen (secondary N) is 2. The van der Waals surface area contributed by atoms with E-state index in [9.17, 15) is 9.59 Å². The average Bonchev–Trinajstić information content (AvgIpc) is 3.05. The summed E-state index contributed by atoms with van der Waals surface area (Å²) in [6, 6.07) is 10.2. The smallest absolute Gasteiger partial charge is 0.251 e. The molecule has 1 aromatic carbocycles. The maximum absolute atomic E-state index is 12.0. The molecule has 0 saturated heterocycles. The van der Waals surface area contributed by atoms with Crippen molar-refractivity contribution >= 4 is 11.8 Å². The summed E-state index contributed by atoms with van der Waals surface area (Å²) in [4.78, 5) is 24.0. The highest BCUT2D eigenvalue weighted by Crippen LogP contribution is 2.06. The van der Waals surface area contributed by atoms with Crippen LogP contribution in [0.3, 0.4) is 0 Å². The molecule has 0 unspecified atom stereocenters. The molecule has 0 radical (unpaired) electrons. The molecule has 1 aromatic heterocycles. The van der Waals surface area contributed by atoms with Crippen molar-refractivity contribution in [1.29, 1.82) is 0 Å². The van der Waals surface area contributed by atoms with Crippen LogP contribution in [-0.2, 0) is 6.54 Å². The van der Waals surface area contributed by atoms with Gasteiger partial charge in [-0.1, -0.05) is 13.8 Å². The van der Waals surface area contributed by atoms with Gasteiger partial charge in [0.05, 0.1) is 12.8 Å². The molecule has 5 heteroatoms. The Bertz CT molecular complexity index is 631. The van der Waals surface area contributed by atoms with E-state index in [-0.39, 0.29) is 11.8 Å². The van der Waals surface area contributed by atoms with Crippen molar-refractivity contribution in [3.05, 3.63) is 59.5 Å². The lowest BCUT2D eigenvalue weighted by Crippen LogP contribution is -2.26. The fraction of sp³-hybridized carbons (Fsp3) is 0.333. The Morgan fingerprint density at radius 1 is 1.00 bits per heavy atom. The Balaban J connectivity index is 1.85. The van der Waals surface area contributed by atoms with Crippen LogP contribution >= 0.6 is 0 Å². The van der Waals surface area contributed by atoms with Crippen molar-refractivity contribution in [2.24, 2.45) is 5.92 Å². The molecule has 2 amide bonds. The predicted molar refractivity (Wildman–Crippen MR) is 88.1 cm³/mol. The average molecular weight is 314 g/mol. The SMILES string of the molecule is CC(C)CCNC(=O)c1ccc(C(=O)NCc2ccco2)cc1. The molecular weight excluding hydrogens is 292 g/mol. The van der Waals surface area contributed by atoms with Gasteiger partial charge < -0.3 is 15.1 Å². The second-order valence-electron chi connectivity index (χ2n) is 5.78. The number of carbonyl (C=O) groups excluding carboxylic acids is 2. The Labute approximate surface area is 136 Å². The summed E-state index contributed by atoms with van der Waals surface area (Å²) in [6.45, 7) is 5.22. The van der Waals surface area contributed by atoms with Gasteiger partial charge in [0.1, 0.15) is 5.76 Å². The van der Waals surface area contributed by atoms with Gasteiger partial charge in [-0.25, -0.2) is 0 Å². The van der Waals surface area contributed by atoms with Gasteiger partial charge in [0.2, 0.25) is 0 Å². The largest absolute Gasteiger partial charge is 0.467 e. The third-order valence-corrected chi connectivity index (χ3v) is 3.42. The minimum Gasteiger partial charge on any atom is -0.467 e. The summed E-state index contributed by atoms with van der Waals surface area (Å²) >= 11 is 0. The van der Waals surface area contributed by atoms with E-state index < -0.39 is 0 Å². The molecule has 0 saturated carbocycles. The van der Waals surface area contributed by atoms with Gasteiger partial charge in [-0.3, -0.25) is 9.59 Å². The monoisotopic (exact) mass is 314 g/mol. The summed E-state index contributed by atoms with van der Waals surface area (Å²) in [5.41, 5.74) is 1.06. The Hall–Kier alpha value is -2.56. The molecular formula is C18H22N2O3. The highest BCUT2D eigenvalue weighted by molar-refractivity contribution is 5.97. The summed E-state index contributed by atoms with van der Waals surface area (Å²) in [5, 5.41) is 5.63. The molecule has 0 fully saturated rings. The summed E-state index contributed by atoms with van der Waals surface area (Å²) in [5.74, 6) is 0.927. The van der Waals surface area contributed by atoms with Crippen LogP contribution in [0.15, 0.2) is 47.1 Å². The van der Waals surface area contributed by atoms with Gasteiger partial charge in [0.15, 0.2) is 0 Å². The molecule has 2 N–H and O–H groups in total. The highest BCUT2D eigenvalue weighted by atomic mass is 16.3. The number of carbonyl (C=O) groups is 2. The lowest BCUT2D eigenvalue weighted by atomic mass is 10.1.